The van der Waals surface area contributed by atoms with Gasteiger partial charge >= 0.3 is 0 Å². The summed E-state index contributed by atoms with van der Waals surface area (Å²) >= 11 is 0. The molecule has 0 fully saturated rings. The second kappa shape index (κ2) is 10.7. The van der Waals surface area contributed by atoms with Gasteiger partial charge in [-0.3, -0.25) is 0 Å². The van der Waals surface area contributed by atoms with Crippen LogP contribution in [-0.2, 0) is 0 Å². The molecule has 0 amide bonds. The highest BCUT2D eigenvalue weighted by molar-refractivity contribution is 6.18. The van der Waals surface area contributed by atoms with Crippen LogP contribution in [0.5, 0.6) is 0 Å². The van der Waals surface area contributed by atoms with Crippen LogP contribution in [0, 0.1) is 0 Å². The van der Waals surface area contributed by atoms with Crippen molar-refractivity contribution in [1.82, 2.24) is 19.5 Å². The Bertz CT molecular complexity index is 3080. The van der Waals surface area contributed by atoms with Gasteiger partial charge in [0, 0.05) is 43.4 Å². The molecule has 0 aliphatic carbocycles. The summed E-state index contributed by atoms with van der Waals surface area (Å²) in [4.78, 5) is 15.0. The summed E-state index contributed by atoms with van der Waals surface area (Å²) < 4.78 is 15.6. The first-order chi connectivity index (χ1) is 25.3. The predicted octanol–water partition coefficient (Wildman–Crippen LogP) is 11.8. The molecule has 0 N–H and O–H groups in total. The van der Waals surface area contributed by atoms with E-state index in [1.807, 2.05) is 78.9 Å². The van der Waals surface area contributed by atoms with E-state index in [4.69, 9.17) is 23.8 Å². The smallest absolute Gasteiger partial charge is 0.167 e. The Balaban J connectivity index is 1.18. The molecule has 0 aliphatic heterocycles. The van der Waals surface area contributed by atoms with Crippen LogP contribution in [0.1, 0.15) is 0 Å². The fourth-order valence-corrected chi connectivity index (χ4v) is 7.53. The molecule has 0 spiro atoms. The van der Waals surface area contributed by atoms with E-state index in [0.29, 0.717) is 17.5 Å². The van der Waals surface area contributed by atoms with Gasteiger partial charge < -0.3 is 13.4 Å². The Morgan fingerprint density at radius 2 is 0.980 bits per heavy atom. The maximum Gasteiger partial charge on any atom is 0.167 e. The highest BCUT2D eigenvalue weighted by atomic mass is 16.3. The van der Waals surface area contributed by atoms with Crippen molar-refractivity contribution in [2.24, 2.45) is 0 Å². The van der Waals surface area contributed by atoms with Gasteiger partial charge in [0.05, 0.1) is 22.3 Å². The number of hydrogen-bond donors (Lipinski definition) is 0. The number of benzene rings is 7. The van der Waals surface area contributed by atoms with Crippen molar-refractivity contribution in [3.8, 4) is 39.9 Å². The average Bonchev–Trinajstić information content (AvgIpc) is 3.87. The Morgan fingerprint density at radius 1 is 0.373 bits per heavy atom. The SMILES string of the molecule is c1ccc(-c2nc(-c3ccccc3)nc(-c3cccc4c3oc3c(-n5c6ccccc6c6cc7oc8ccccc8c7cc65)cccc34)n2)cc1. The highest BCUT2D eigenvalue weighted by Crippen LogP contribution is 2.42. The number of hydrogen-bond acceptors (Lipinski definition) is 5. The van der Waals surface area contributed by atoms with Crippen LogP contribution in [0.15, 0.2) is 167 Å². The van der Waals surface area contributed by atoms with Gasteiger partial charge in [-0.1, -0.05) is 121 Å². The Morgan fingerprint density at radius 3 is 1.75 bits per heavy atom. The third-order valence-corrected chi connectivity index (χ3v) is 9.86. The third-order valence-electron chi connectivity index (χ3n) is 9.86. The Labute approximate surface area is 290 Å². The van der Waals surface area contributed by atoms with Gasteiger partial charge in [-0.25, -0.2) is 15.0 Å². The molecule has 0 saturated carbocycles. The van der Waals surface area contributed by atoms with Gasteiger partial charge in [0.15, 0.2) is 23.1 Å². The predicted molar refractivity (Wildman–Crippen MR) is 205 cm³/mol. The average molecular weight is 655 g/mol. The molecule has 0 atom stereocenters. The number of rotatable bonds is 4. The summed E-state index contributed by atoms with van der Waals surface area (Å²) in [5, 5.41) is 6.47. The zero-order valence-corrected chi connectivity index (χ0v) is 27.1. The molecule has 4 heterocycles. The van der Waals surface area contributed by atoms with Gasteiger partial charge in [-0.05, 0) is 36.4 Å². The van der Waals surface area contributed by atoms with Crippen molar-refractivity contribution in [3.63, 3.8) is 0 Å². The van der Waals surface area contributed by atoms with E-state index < -0.39 is 0 Å². The fourth-order valence-electron chi connectivity index (χ4n) is 7.53. The second-order valence-corrected chi connectivity index (χ2v) is 12.8. The van der Waals surface area contributed by atoms with Crippen molar-refractivity contribution in [2.45, 2.75) is 0 Å². The lowest BCUT2D eigenvalue weighted by molar-refractivity contribution is 0.667. The van der Waals surface area contributed by atoms with Crippen molar-refractivity contribution in [1.29, 1.82) is 0 Å². The minimum Gasteiger partial charge on any atom is -0.456 e. The molecule has 0 radical (unpaired) electrons. The van der Waals surface area contributed by atoms with Gasteiger partial charge in [0.2, 0.25) is 0 Å². The van der Waals surface area contributed by atoms with Crippen molar-refractivity contribution < 1.29 is 8.83 Å². The van der Waals surface area contributed by atoms with Crippen molar-refractivity contribution >= 4 is 65.7 Å². The van der Waals surface area contributed by atoms with E-state index in [1.165, 1.54) is 0 Å². The molecular formula is C45H26N4O2. The summed E-state index contributed by atoms with van der Waals surface area (Å²) in [5.41, 5.74) is 9.06. The maximum atomic E-state index is 6.98. The second-order valence-electron chi connectivity index (χ2n) is 12.8. The van der Waals surface area contributed by atoms with Crippen molar-refractivity contribution in [2.75, 3.05) is 0 Å². The zero-order chi connectivity index (χ0) is 33.5. The first-order valence-electron chi connectivity index (χ1n) is 16.9. The van der Waals surface area contributed by atoms with E-state index in [2.05, 4.69) is 83.4 Å². The molecule has 11 rings (SSSR count). The van der Waals surface area contributed by atoms with Crippen LogP contribution < -0.4 is 0 Å². The van der Waals surface area contributed by atoms with E-state index in [0.717, 1.165) is 88.1 Å². The molecule has 51 heavy (non-hydrogen) atoms. The Hall–Kier alpha value is -7.05. The molecule has 7 aromatic carbocycles. The minimum atomic E-state index is 0.556. The summed E-state index contributed by atoms with van der Waals surface area (Å²) in [5.74, 6) is 1.77. The number of furan rings is 2. The molecule has 6 nitrogen and oxygen atoms in total. The first kappa shape index (κ1) is 27.9. The topological polar surface area (TPSA) is 69.9 Å². The van der Waals surface area contributed by atoms with Gasteiger partial charge in [0.25, 0.3) is 0 Å². The highest BCUT2D eigenvalue weighted by Gasteiger charge is 2.22. The number of para-hydroxylation sites is 4. The lowest BCUT2D eigenvalue weighted by Gasteiger charge is -2.09. The van der Waals surface area contributed by atoms with Crippen LogP contribution in [0.3, 0.4) is 0 Å². The van der Waals surface area contributed by atoms with Crippen molar-refractivity contribution in [3.05, 3.63) is 158 Å². The molecule has 11 aromatic rings. The Kier molecular flexibility index (Phi) is 5.86. The standard InChI is InChI=1S/C45H26N4O2/c1-3-13-27(14-4-1)43-46-44(28-15-5-2-6-16-28)48-45(47-43)33-21-11-19-31-32-20-12-23-37(42(32)51-41(31)33)49-36-22-9-7-17-29(36)34-26-40-35(25-38(34)49)30-18-8-10-24-39(30)50-40/h1-26H. The van der Waals surface area contributed by atoms with Gasteiger partial charge in [0.1, 0.15) is 16.7 Å². The lowest BCUT2D eigenvalue weighted by Crippen LogP contribution is -2.00. The van der Waals surface area contributed by atoms with Crippen LogP contribution >= 0.6 is 0 Å². The molecule has 6 heteroatoms. The largest absolute Gasteiger partial charge is 0.456 e. The molecule has 0 unspecified atom stereocenters. The van der Waals surface area contributed by atoms with Crippen LogP contribution in [0.25, 0.3) is 106 Å². The van der Waals surface area contributed by atoms with E-state index in [1.54, 1.807) is 0 Å². The molecular weight excluding hydrogens is 629 g/mol. The van der Waals surface area contributed by atoms with Crippen LogP contribution in [-0.4, -0.2) is 19.5 Å². The molecule has 0 aliphatic rings. The van der Waals surface area contributed by atoms with E-state index in [-0.39, 0.29) is 0 Å². The first-order valence-corrected chi connectivity index (χ1v) is 16.9. The fraction of sp³-hybridized carbons (Fsp3) is 0. The minimum absolute atomic E-state index is 0.556. The molecule has 238 valence electrons. The number of fused-ring (bicyclic) bond motifs is 9. The van der Waals surface area contributed by atoms with E-state index >= 15 is 0 Å². The number of nitrogens with zero attached hydrogens (tertiary/aromatic N) is 4. The maximum absolute atomic E-state index is 6.98. The molecule has 0 saturated heterocycles. The van der Waals surface area contributed by atoms with Crippen LogP contribution in [0.2, 0.25) is 0 Å². The van der Waals surface area contributed by atoms with E-state index in [9.17, 15) is 0 Å². The number of aromatic nitrogens is 4. The summed E-state index contributed by atoms with van der Waals surface area (Å²) in [7, 11) is 0. The zero-order valence-electron chi connectivity index (χ0n) is 27.1. The third kappa shape index (κ3) is 4.20. The monoisotopic (exact) mass is 654 g/mol. The lowest BCUT2D eigenvalue weighted by atomic mass is 10.1. The van der Waals surface area contributed by atoms with Gasteiger partial charge in [-0.2, -0.15) is 0 Å². The van der Waals surface area contributed by atoms with Gasteiger partial charge in [-0.15, -0.1) is 0 Å². The normalized spacial score (nSPS) is 11.9. The molecule has 4 aromatic heterocycles. The summed E-state index contributed by atoms with van der Waals surface area (Å²) in [6.07, 6.45) is 0. The molecule has 0 bridgehead atoms. The van der Waals surface area contributed by atoms with Crippen LogP contribution in [0.4, 0.5) is 0 Å². The summed E-state index contributed by atoms with van der Waals surface area (Å²) in [6.45, 7) is 0. The quantitative estimate of drug-likeness (QED) is 0.189. The summed E-state index contributed by atoms with van der Waals surface area (Å²) in [6, 6.07) is 53.8.